The second kappa shape index (κ2) is 6.25. The second-order valence-corrected chi connectivity index (χ2v) is 7.32. The molecular formula is C21H15N3O2S. The predicted molar refractivity (Wildman–Crippen MR) is 106 cm³/mol. The molecule has 0 aliphatic carbocycles. The summed E-state index contributed by atoms with van der Waals surface area (Å²) in [6.45, 7) is 2.06. The summed E-state index contributed by atoms with van der Waals surface area (Å²) in [6, 6.07) is 19.6. The fourth-order valence-corrected chi connectivity index (χ4v) is 4.11. The summed E-state index contributed by atoms with van der Waals surface area (Å²) < 4.78 is 7.67. The first-order valence-corrected chi connectivity index (χ1v) is 9.57. The van der Waals surface area contributed by atoms with Crippen LogP contribution in [0.2, 0.25) is 0 Å². The van der Waals surface area contributed by atoms with E-state index < -0.39 is 0 Å². The molecule has 2 aromatic carbocycles. The molecule has 0 spiro atoms. The van der Waals surface area contributed by atoms with Crippen LogP contribution in [-0.4, -0.2) is 26.1 Å². The molecule has 0 unspecified atom stereocenters. The van der Waals surface area contributed by atoms with Gasteiger partial charge in [-0.1, -0.05) is 48.2 Å². The van der Waals surface area contributed by atoms with E-state index in [-0.39, 0.29) is 11.5 Å². The predicted octanol–water partition coefficient (Wildman–Crippen LogP) is 4.91. The monoisotopic (exact) mass is 373 g/mol. The molecule has 27 heavy (non-hydrogen) atoms. The first-order valence-electron chi connectivity index (χ1n) is 8.59. The maximum Gasteiger partial charge on any atom is 0.208 e. The van der Waals surface area contributed by atoms with E-state index in [1.807, 2.05) is 52.9 Å². The van der Waals surface area contributed by atoms with Gasteiger partial charge in [-0.05, 0) is 36.8 Å². The molecule has 5 nitrogen and oxygen atoms in total. The number of ketones is 1. The number of furan rings is 1. The molecule has 132 valence electrons. The van der Waals surface area contributed by atoms with Crippen LogP contribution in [0.25, 0.3) is 27.5 Å². The Morgan fingerprint density at radius 3 is 2.78 bits per heavy atom. The second-order valence-electron chi connectivity index (χ2n) is 6.38. The van der Waals surface area contributed by atoms with E-state index in [1.54, 1.807) is 6.07 Å². The van der Waals surface area contributed by atoms with Gasteiger partial charge in [-0.25, -0.2) is 0 Å². The van der Waals surface area contributed by atoms with Crippen molar-refractivity contribution in [2.24, 2.45) is 0 Å². The van der Waals surface area contributed by atoms with Crippen molar-refractivity contribution in [3.05, 3.63) is 72.0 Å². The van der Waals surface area contributed by atoms with Crippen molar-refractivity contribution in [2.45, 2.75) is 12.1 Å². The van der Waals surface area contributed by atoms with Gasteiger partial charge < -0.3 is 4.42 Å². The van der Waals surface area contributed by atoms with Crippen molar-refractivity contribution >= 4 is 45.1 Å². The summed E-state index contributed by atoms with van der Waals surface area (Å²) in [6.07, 6.45) is 0. The average molecular weight is 373 g/mol. The van der Waals surface area contributed by atoms with E-state index in [4.69, 9.17) is 4.42 Å². The highest BCUT2D eigenvalue weighted by Crippen LogP contribution is 2.27. The highest BCUT2D eigenvalue weighted by atomic mass is 32.2. The van der Waals surface area contributed by atoms with Gasteiger partial charge >= 0.3 is 0 Å². The van der Waals surface area contributed by atoms with E-state index in [1.165, 1.54) is 11.8 Å². The quantitative estimate of drug-likeness (QED) is 0.331. The van der Waals surface area contributed by atoms with E-state index >= 15 is 0 Å². The minimum absolute atomic E-state index is 0.0654. The van der Waals surface area contributed by atoms with E-state index in [0.717, 1.165) is 33.1 Å². The van der Waals surface area contributed by atoms with Crippen LogP contribution in [0, 0.1) is 6.92 Å². The molecule has 0 N–H and O–H groups in total. The molecule has 0 radical (unpaired) electrons. The molecule has 5 rings (SSSR count). The molecule has 0 bridgehead atoms. The lowest BCUT2D eigenvalue weighted by atomic mass is 10.1. The molecule has 3 aromatic heterocycles. The number of Topliss-reactive ketones (excluding diaryl/α,β-unsaturated/α-hetero) is 1. The lowest BCUT2D eigenvalue weighted by Crippen LogP contribution is -2.02. The molecular weight excluding hydrogens is 358 g/mol. The summed E-state index contributed by atoms with van der Waals surface area (Å²) in [5.74, 6) is 0.547. The molecule has 6 heteroatoms. The van der Waals surface area contributed by atoms with Crippen LogP contribution in [0.3, 0.4) is 0 Å². The number of carbonyl (C=O) groups is 1. The standard InChI is InChI=1S/C21H15N3O2S/c1-13-10-20-22-23-21(24(20)16-8-4-3-7-15(13)16)27-12-17(25)19-11-14-6-2-5-9-18(14)26-19/h2-11H,12H2,1H3. The number of hydrogen-bond acceptors (Lipinski definition) is 5. The Balaban J connectivity index is 1.48. The zero-order valence-corrected chi connectivity index (χ0v) is 15.4. The summed E-state index contributed by atoms with van der Waals surface area (Å²) in [5.41, 5.74) is 3.70. The van der Waals surface area contributed by atoms with Crippen molar-refractivity contribution < 1.29 is 9.21 Å². The van der Waals surface area contributed by atoms with Gasteiger partial charge in [-0.2, -0.15) is 0 Å². The van der Waals surface area contributed by atoms with Crippen LogP contribution in [-0.2, 0) is 0 Å². The minimum atomic E-state index is -0.0654. The van der Waals surface area contributed by atoms with Crippen LogP contribution in [0.5, 0.6) is 0 Å². The molecule has 0 amide bonds. The maximum absolute atomic E-state index is 12.6. The number of carbonyl (C=O) groups excluding carboxylic acids is 1. The number of fused-ring (bicyclic) bond motifs is 4. The van der Waals surface area contributed by atoms with E-state index in [2.05, 4.69) is 23.2 Å². The van der Waals surface area contributed by atoms with Crippen LogP contribution < -0.4 is 0 Å². The molecule has 0 saturated heterocycles. The van der Waals surface area contributed by atoms with Crippen LogP contribution in [0.1, 0.15) is 16.1 Å². The number of hydrogen-bond donors (Lipinski definition) is 0. The third-order valence-corrected chi connectivity index (χ3v) is 5.54. The fourth-order valence-electron chi connectivity index (χ4n) is 3.29. The van der Waals surface area contributed by atoms with Gasteiger partial charge in [-0.15, -0.1) is 10.2 Å². The first-order chi connectivity index (χ1) is 13.2. The van der Waals surface area contributed by atoms with Gasteiger partial charge in [0.1, 0.15) is 5.58 Å². The first kappa shape index (κ1) is 16.1. The Morgan fingerprint density at radius 2 is 1.89 bits per heavy atom. The molecule has 0 aliphatic rings. The molecule has 5 aromatic rings. The molecule has 0 aliphatic heterocycles. The summed E-state index contributed by atoms with van der Waals surface area (Å²) in [7, 11) is 0. The van der Waals surface area contributed by atoms with Gasteiger partial charge in [0.2, 0.25) is 5.78 Å². The zero-order valence-electron chi connectivity index (χ0n) is 14.5. The third-order valence-electron chi connectivity index (χ3n) is 4.61. The number of aryl methyl sites for hydroxylation is 1. The normalized spacial score (nSPS) is 11.6. The number of benzene rings is 2. The summed E-state index contributed by atoms with van der Waals surface area (Å²) in [5, 5.41) is 11.3. The number of nitrogens with zero attached hydrogens (tertiary/aromatic N) is 3. The van der Waals surface area contributed by atoms with Crippen LogP contribution in [0.15, 0.2) is 70.2 Å². The Kier molecular flexibility index (Phi) is 3.72. The van der Waals surface area contributed by atoms with Crippen molar-refractivity contribution in [1.82, 2.24) is 14.6 Å². The Morgan fingerprint density at radius 1 is 1.07 bits per heavy atom. The van der Waals surface area contributed by atoms with E-state index in [9.17, 15) is 4.79 Å². The van der Waals surface area contributed by atoms with Gasteiger partial charge in [0.25, 0.3) is 0 Å². The molecule has 0 atom stereocenters. The van der Waals surface area contributed by atoms with Crippen molar-refractivity contribution in [1.29, 1.82) is 0 Å². The Labute approximate surface area is 159 Å². The van der Waals surface area contributed by atoms with Crippen molar-refractivity contribution in [3.63, 3.8) is 0 Å². The molecule has 0 fully saturated rings. The topological polar surface area (TPSA) is 60.4 Å². The summed E-state index contributed by atoms with van der Waals surface area (Å²) >= 11 is 1.37. The van der Waals surface area contributed by atoms with Crippen molar-refractivity contribution in [3.8, 4) is 0 Å². The van der Waals surface area contributed by atoms with Crippen molar-refractivity contribution in [2.75, 3.05) is 5.75 Å². The largest absolute Gasteiger partial charge is 0.453 e. The van der Waals surface area contributed by atoms with Crippen LogP contribution in [0.4, 0.5) is 0 Å². The van der Waals surface area contributed by atoms with E-state index in [0.29, 0.717) is 10.9 Å². The number of thioether (sulfide) groups is 1. The Bertz CT molecular complexity index is 1290. The number of pyridine rings is 1. The highest BCUT2D eigenvalue weighted by molar-refractivity contribution is 7.99. The lowest BCUT2D eigenvalue weighted by Gasteiger charge is -2.06. The summed E-state index contributed by atoms with van der Waals surface area (Å²) in [4.78, 5) is 12.6. The molecule has 0 saturated carbocycles. The smallest absolute Gasteiger partial charge is 0.208 e. The lowest BCUT2D eigenvalue weighted by molar-refractivity contribution is 0.0994. The Hall–Kier alpha value is -3.12. The van der Waals surface area contributed by atoms with Crippen LogP contribution >= 0.6 is 11.8 Å². The number of para-hydroxylation sites is 2. The van der Waals surface area contributed by atoms with Gasteiger partial charge in [-0.3, -0.25) is 9.20 Å². The number of rotatable bonds is 4. The maximum atomic E-state index is 12.6. The third kappa shape index (κ3) is 2.69. The van der Waals surface area contributed by atoms with Gasteiger partial charge in [0.05, 0.1) is 11.3 Å². The average Bonchev–Trinajstić information content (AvgIpc) is 3.30. The zero-order chi connectivity index (χ0) is 18.4. The minimum Gasteiger partial charge on any atom is -0.453 e. The highest BCUT2D eigenvalue weighted by Gasteiger charge is 2.16. The van der Waals surface area contributed by atoms with Gasteiger partial charge in [0, 0.05) is 10.8 Å². The van der Waals surface area contributed by atoms with Gasteiger partial charge in [0.15, 0.2) is 16.6 Å². The molecule has 3 heterocycles. The SMILES string of the molecule is Cc1cc2nnc(SCC(=O)c3cc4ccccc4o3)n2c2ccccc12. The fraction of sp³-hybridized carbons (Fsp3) is 0.0952. The number of aromatic nitrogens is 3.